The molecule has 1 aliphatic rings. The molecule has 3 N–H and O–H groups in total. The number of hydrogen-bond acceptors (Lipinski definition) is 3. The SMILES string of the molecule is CN(C)NC(=O)C(N)CC1CCCC1. The lowest BCUT2D eigenvalue weighted by Crippen LogP contribution is -2.47. The van der Waals surface area contributed by atoms with Crippen LogP contribution in [0, 0.1) is 5.92 Å². The molecular formula is C10H21N3O. The lowest BCUT2D eigenvalue weighted by atomic mass is 9.99. The van der Waals surface area contributed by atoms with Crippen LogP contribution in [-0.2, 0) is 4.79 Å². The lowest BCUT2D eigenvalue weighted by Gasteiger charge is -2.18. The molecule has 1 saturated carbocycles. The van der Waals surface area contributed by atoms with Crippen molar-refractivity contribution in [3.05, 3.63) is 0 Å². The molecule has 0 radical (unpaired) electrons. The zero-order chi connectivity index (χ0) is 10.6. The molecule has 1 rings (SSSR count). The van der Waals surface area contributed by atoms with Crippen LogP contribution < -0.4 is 11.2 Å². The van der Waals surface area contributed by atoms with Gasteiger partial charge in [0.25, 0.3) is 5.91 Å². The van der Waals surface area contributed by atoms with Crippen molar-refractivity contribution < 1.29 is 4.79 Å². The Bertz CT molecular complexity index is 188. The molecule has 1 fully saturated rings. The van der Waals surface area contributed by atoms with Crippen LogP contribution in [0.3, 0.4) is 0 Å². The van der Waals surface area contributed by atoms with Crippen molar-refractivity contribution in [1.29, 1.82) is 0 Å². The number of nitrogens with one attached hydrogen (secondary N) is 1. The molecule has 0 aromatic rings. The van der Waals surface area contributed by atoms with E-state index in [1.807, 2.05) is 0 Å². The highest BCUT2D eigenvalue weighted by Crippen LogP contribution is 2.28. The summed E-state index contributed by atoms with van der Waals surface area (Å²) in [6.45, 7) is 0. The van der Waals surface area contributed by atoms with Crippen molar-refractivity contribution in [2.24, 2.45) is 11.7 Å². The van der Waals surface area contributed by atoms with Gasteiger partial charge in [-0.05, 0) is 12.3 Å². The Hall–Kier alpha value is -0.610. The fourth-order valence-electron chi connectivity index (χ4n) is 2.02. The first-order valence-electron chi connectivity index (χ1n) is 5.33. The van der Waals surface area contributed by atoms with E-state index < -0.39 is 0 Å². The Labute approximate surface area is 85.8 Å². The average Bonchev–Trinajstić information content (AvgIpc) is 2.55. The van der Waals surface area contributed by atoms with Gasteiger partial charge in [-0.2, -0.15) is 0 Å². The maximum Gasteiger partial charge on any atom is 0.251 e. The minimum absolute atomic E-state index is 0.0677. The molecule has 1 aliphatic carbocycles. The summed E-state index contributed by atoms with van der Waals surface area (Å²) in [4.78, 5) is 11.5. The number of carbonyl (C=O) groups excluding carboxylic acids is 1. The third-order valence-corrected chi connectivity index (χ3v) is 2.73. The molecule has 4 nitrogen and oxygen atoms in total. The third-order valence-electron chi connectivity index (χ3n) is 2.73. The van der Waals surface area contributed by atoms with Gasteiger partial charge in [0, 0.05) is 14.1 Å². The summed E-state index contributed by atoms with van der Waals surface area (Å²) in [5, 5.41) is 1.64. The highest BCUT2D eigenvalue weighted by molar-refractivity contribution is 5.80. The molecule has 0 aromatic carbocycles. The molecule has 0 saturated heterocycles. The van der Waals surface area contributed by atoms with E-state index in [9.17, 15) is 4.79 Å². The van der Waals surface area contributed by atoms with E-state index in [-0.39, 0.29) is 11.9 Å². The van der Waals surface area contributed by atoms with Crippen LogP contribution in [-0.4, -0.2) is 31.1 Å². The second-order valence-corrected chi connectivity index (χ2v) is 4.36. The summed E-state index contributed by atoms with van der Waals surface area (Å²) in [6, 6.07) is -0.347. The van der Waals surface area contributed by atoms with Gasteiger partial charge >= 0.3 is 0 Å². The van der Waals surface area contributed by atoms with Gasteiger partial charge in [0.2, 0.25) is 0 Å². The molecule has 0 aliphatic heterocycles. The van der Waals surface area contributed by atoms with E-state index in [1.54, 1.807) is 19.1 Å². The first kappa shape index (κ1) is 11.5. The van der Waals surface area contributed by atoms with Gasteiger partial charge in [0.15, 0.2) is 0 Å². The first-order chi connectivity index (χ1) is 6.59. The normalized spacial score (nSPS) is 20.0. The quantitative estimate of drug-likeness (QED) is 0.648. The molecule has 0 bridgehead atoms. The largest absolute Gasteiger partial charge is 0.320 e. The van der Waals surface area contributed by atoms with Crippen molar-refractivity contribution in [2.45, 2.75) is 38.1 Å². The van der Waals surface area contributed by atoms with Crippen LogP contribution in [0.25, 0.3) is 0 Å². The molecule has 1 amide bonds. The number of carbonyl (C=O) groups is 1. The van der Waals surface area contributed by atoms with Gasteiger partial charge in [0.05, 0.1) is 6.04 Å². The Morgan fingerprint density at radius 2 is 2.07 bits per heavy atom. The number of hydrogen-bond donors (Lipinski definition) is 2. The predicted octanol–water partition coefficient (Wildman–Crippen LogP) is 0.487. The van der Waals surface area contributed by atoms with E-state index >= 15 is 0 Å². The molecule has 0 heterocycles. The van der Waals surface area contributed by atoms with Crippen LogP contribution >= 0.6 is 0 Å². The van der Waals surface area contributed by atoms with Gasteiger partial charge in [0.1, 0.15) is 0 Å². The Morgan fingerprint density at radius 1 is 1.50 bits per heavy atom. The Morgan fingerprint density at radius 3 is 2.57 bits per heavy atom. The van der Waals surface area contributed by atoms with Crippen molar-refractivity contribution in [3.63, 3.8) is 0 Å². The predicted molar refractivity (Wildman–Crippen MR) is 56.4 cm³/mol. The molecule has 1 atom stereocenters. The molecule has 1 unspecified atom stereocenters. The maximum absolute atomic E-state index is 11.5. The summed E-state index contributed by atoms with van der Waals surface area (Å²) in [6.07, 6.45) is 5.91. The number of nitrogens with zero attached hydrogens (tertiary/aromatic N) is 1. The van der Waals surface area contributed by atoms with Crippen LogP contribution in [0.2, 0.25) is 0 Å². The maximum atomic E-state index is 11.5. The minimum Gasteiger partial charge on any atom is -0.320 e. The van der Waals surface area contributed by atoms with Gasteiger partial charge in [-0.15, -0.1) is 0 Å². The van der Waals surface area contributed by atoms with E-state index in [0.717, 1.165) is 6.42 Å². The molecule has 14 heavy (non-hydrogen) atoms. The number of nitrogens with two attached hydrogens (primary N) is 1. The monoisotopic (exact) mass is 199 g/mol. The highest BCUT2D eigenvalue weighted by atomic mass is 16.2. The zero-order valence-corrected chi connectivity index (χ0v) is 9.12. The van der Waals surface area contributed by atoms with Crippen molar-refractivity contribution in [2.75, 3.05) is 14.1 Å². The second-order valence-electron chi connectivity index (χ2n) is 4.36. The molecular weight excluding hydrogens is 178 g/mol. The molecule has 0 spiro atoms. The Balaban J connectivity index is 2.25. The molecule has 4 heteroatoms. The van der Waals surface area contributed by atoms with Gasteiger partial charge in [-0.25, -0.2) is 5.01 Å². The molecule has 0 aromatic heterocycles. The van der Waals surface area contributed by atoms with E-state index in [1.165, 1.54) is 25.7 Å². The summed E-state index contributed by atoms with van der Waals surface area (Å²) < 4.78 is 0. The van der Waals surface area contributed by atoms with Gasteiger partial charge in [-0.1, -0.05) is 25.7 Å². The van der Waals surface area contributed by atoms with Crippen molar-refractivity contribution in [3.8, 4) is 0 Å². The summed E-state index contributed by atoms with van der Waals surface area (Å²) in [5.41, 5.74) is 8.49. The number of amides is 1. The van der Waals surface area contributed by atoms with Crippen molar-refractivity contribution >= 4 is 5.91 Å². The first-order valence-corrected chi connectivity index (χ1v) is 5.33. The van der Waals surface area contributed by atoms with Gasteiger partial charge < -0.3 is 5.73 Å². The smallest absolute Gasteiger partial charge is 0.251 e. The van der Waals surface area contributed by atoms with E-state index in [0.29, 0.717) is 5.92 Å². The van der Waals surface area contributed by atoms with Gasteiger partial charge in [-0.3, -0.25) is 10.2 Å². The van der Waals surface area contributed by atoms with E-state index in [4.69, 9.17) is 5.73 Å². The van der Waals surface area contributed by atoms with Crippen molar-refractivity contribution in [1.82, 2.24) is 10.4 Å². The minimum atomic E-state index is -0.347. The average molecular weight is 199 g/mol. The van der Waals surface area contributed by atoms with E-state index in [2.05, 4.69) is 5.43 Å². The third kappa shape index (κ3) is 3.64. The fourth-order valence-corrected chi connectivity index (χ4v) is 2.02. The Kier molecular flexibility index (Phi) is 4.35. The number of rotatable bonds is 4. The molecule has 82 valence electrons. The summed E-state index contributed by atoms with van der Waals surface area (Å²) in [5.74, 6) is 0.597. The standard InChI is InChI=1S/C10H21N3O/c1-13(2)12-10(14)9(11)7-8-5-3-4-6-8/h8-9H,3-7,11H2,1-2H3,(H,12,14). The van der Waals surface area contributed by atoms with Crippen LogP contribution in [0.15, 0.2) is 0 Å². The lowest BCUT2D eigenvalue weighted by molar-refractivity contribution is -0.126. The summed E-state index contributed by atoms with van der Waals surface area (Å²) >= 11 is 0. The fraction of sp³-hybridized carbons (Fsp3) is 0.900. The van der Waals surface area contributed by atoms with Crippen LogP contribution in [0.4, 0.5) is 0 Å². The van der Waals surface area contributed by atoms with Crippen LogP contribution in [0.1, 0.15) is 32.1 Å². The summed E-state index contributed by atoms with van der Waals surface area (Å²) in [7, 11) is 3.58. The highest BCUT2D eigenvalue weighted by Gasteiger charge is 2.22. The topological polar surface area (TPSA) is 58.4 Å². The zero-order valence-electron chi connectivity index (χ0n) is 9.12. The van der Waals surface area contributed by atoms with Crippen LogP contribution in [0.5, 0.6) is 0 Å². The second kappa shape index (κ2) is 5.32. The number of hydrazine groups is 1.